The highest BCUT2D eigenvalue weighted by molar-refractivity contribution is 5.93. The lowest BCUT2D eigenvalue weighted by Crippen LogP contribution is -2.26. The van der Waals surface area contributed by atoms with E-state index in [9.17, 15) is 4.79 Å². The Bertz CT molecular complexity index is 1140. The molecule has 180 valence electrons. The Labute approximate surface area is 199 Å². The lowest BCUT2D eigenvalue weighted by molar-refractivity contribution is 0.0930. The molecule has 0 radical (unpaired) electrons. The van der Waals surface area contributed by atoms with Crippen LogP contribution < -0.4 is 24.3 Å². The zero-order valence-corrected chi connectivity index (χ0v) is 19.9. The number of ether oxygens (including phenoxy) is 4. The highest BCUT2D eigenvalue weighted by atomic mass is 16.5. The van der Waals surface area contributed by atoms with Gasteiger partial charge < -0.3 is 28.8 Å². The number of aromatic nitrogens is 1. The molecule has 0 bridgehead atoms. The maximum absolute atomic E-state index is 12.9. The van der Waals surface area contributed by atoms with Crippen molar-refractivity contribution in [2.75, 3.05) is 21.3 Å². The van der Waals surface area contributed by atoms with E-state index in [4.69, 9.17) is 23.5 Å². The maximum Gasteiger partial charge on any atom is 0.273 e. The Morgan fingerprint density at radius 3 is 2.41 bits per heavy atom. The van der Waals surface area contributed by atoms with Gasteiger partial charge in [0.25, 0.3) is 5.91 Å². The highest BCUT2D eigenvalue weighted by Gasteiger charge is 2.21. The third-order valence-corrected chi connectivity index (χ3v) is 6.05. The van der Waals surface area contributed by atoms with Crippen molar-refractivity contribution in [2.45, 2.75) is 44.8 Å². The zero-order valence-electron chi connectivity index (χ0n) is 19.9. The van der Waals surface area contributed by atoms with Gasteiger partial charge in [-0.3, -0.25) is 4.79 Å². The van der Waals surface area contributed by atoms with Gasteiger partial charge in [-0.25, -0.2) is 0 Å². The zero-order chi connectivity index (χ0) is 24.1. The van der Waals surface area contributed by atoms with Crippen LogP contribution in [-0.2, 0) is 0 Å². The summed E-state index contributed by atoms with van der Waals surface area (Å²) in [4.78, 5) is 12.9. The van der Waals surface area contributed by atoms with Crippen LogP contribution in [0.2, 0.25) is 0 Å². The van der Waals surface area contributed by atoms with Crippen LogP contribution in [0.15, 0.2) is 47.0 Å². The van der Waals surface area contributed by atoms with E-state index in [2.05, 4.69) is 10.5 Å². The Kier molecular flexibility index (Phi) is 7.25. The van der Waals surface area contributed by atoms with Gasteiger partial charge in [-0.1, -0.05) is 11.2 Å². The van der Waals surface area contributed by atoms with E-state index in [0.717, 1.165) is 24.2 Å². The molecule has 1 aromatic heterocycles. The van der Waals surface area contributed by atoms with Crippen LogP contribution in [0.25, 0.3) is 11.3 Å². The van der Waals surface area contributed by atoms with Crippen LogP contribution in [0.1, 0.15) is 54.7 Å². The van der Waals surface area contributed by atoms with Gasteiger partial charge in [-0.2, -0.15) is 0 Å². The van der Waals surface area contributed by atoms with Crippen LogP contribution in [0, 0.1) is 0 Å². The molecule has 0 spiro atoms. The number of rotatable bonds is 9. The minimum atomic E-state index is -0.352. The fourth-order valence-electron chi connectivity index (χ4n) is 4.11. The van der Waals surface area contributed by atoms with Gasteiger partial charge in [0.05, 0.1) is 39.0 Å². The summed E-state index contributed by atoms with van der Waals surface area (Å²) in [6.07, 6.45) is 4.77. The van der Waals surface area contributed by atoms with Crippen LogP contribution >= 0.6 is 0 Å². The first-order valence-corrected chi connectivity index (χ1v) is 11.4. The number of carbonyl (C=O) groups excluding carboxylic acids is 1. The van der Waals surface area contributed by atoms with Gasteiger partial charge in [-0.15, -0.1) is 0 Å². The summed E-state index contributed by atoms with van der Waals surface area (Å²) in [5.74, 6) is 2.66. The average Bonchev–Trinajstić information content (AvgIpc) is 3.56. The van der Waals surface area contributed by atoms with Gasteiger partial charge in [0.15, 0.2) is 23.0 Å². The molecule has 1 atom stereocenters. The maximum atomic E-state index is 12.9. The third kappa shape index (κ3) is 5.11. The second-order valence-corrected chi connectivity index (χ2v) is 8.27. The normalized spacial score (nSPS) is 14.5. The van der Waals surface area contributed by atoms with Crippen molar-refractivity contribution in [2.24, 2.45) is 0 Å². The molecule has 1 amide bonds. The van der Waals surface area contributed by atoms with Crippen molar-refractivity contribution in [3.05, 3.63) is 53.7 Å². The summed E-state index contributed by atoms with van der Waals surface area (Å²) in [7, 11) is 4.76. The van der Waals surface area contributed by atoms with Crippen molar-refractivity contribution in [1.82, 2.24) is 10.5 Å². The molecular weight excluding hydrogens is 436 g/mol. The first-order valence-electron chi connectivity index (χ1n) is 11.4. The number of nitrogens with one attached hydrogen (secondary N) is 1. The second kappa shape index (κ2) is 10.5. The summed E-state index contributed by atoms with van der Waals surface area (Å²) in [5.41, 5.74) is 1.70. The summed E-state index contributed by atoms with van der Waals surface area (Å²) >= 11 is 0. The monoisotopic (exact) mass is 466 g/mol. The van der Waals surface area contributed by atoms with E-state index in [1.54, 1.807) is 45.6 Å². The van der Waals surface area contributed by atoms with Crippen molar-refractivity contribution in [3.8, 4) is 34.3 Å². The molecule has 3 aromatic rings. The molecule has 1 heterocycles. The number of amides is 1. The summed E-state index contributed by atoms with van der Waals surface area (Å²) in [5, 5.41) is 6.91. The number of hydrogen-bond acceptors (Lipinski definition) is 7. The molecule has 1 unspecified atom stereocenters. The van der Waals surface area contributed by atoms with Crippen LogP contribution in [0.5, 0.6) is 23.0 Å². The molecule has 1 fully saturated rings. The first-order chi connectivity index (χ1) is 16.5. The average molecular weight is 467 g/mol. The molecule has 1 saturated carbocycles. The van der Waals surface area contributed by atoms with E-state index in [1.165, 1.54) is 12.8 Å². The number of hydrogen-bond donors (Lipinski definition) is 1. The highest BCUT2D eigenvalue weighted by Crippen LogP contribution is 2.35. The second-order valence-electron chi connectivity index (χ2n) is 8.27. The van der Waals surface area contributed by atoms with Crippen LogP contribution in [-0.4, -0.2) is 38.5 Å². The first kappa shape index (κ1) is 23.5. The van der Waals surface area contributed by atoms with Crippen molar-refractivity contribution in [3.63, 3.8) is 0 Å². The fourth-order valence-corrected chi connectivity index (χ4v) is 4.11. The molecule has 8 nitrogen and oxygen atoms in total. The Morgan fingerprint density at radius 2 is 1.71 bits per heavy atom. The Balaban J connectivity index is 1.47. The molecule has 8 heteroatoms. The quantitative estimate of drug-likeness (QED) is 0.464. The Morgan fingerprint density at radius 1 is 0.971 bits per heavy atom. The number of nitrogens with zero attached hydrogens (tertiary/aromatic N) is 1. The van der Waals surface area contributed by atoms with Gasteiger partial charge in [0, 0.05) is 6.07 Å². The van der Waals surface area contributed by atoms with E-state index >= 15 is 0 Å². The molecule has 1 aliphatic rings. The van der Waals surface area contributed by atoms with E-state index in [1.807, 2.05) is 25.1 Å². The third-order valence-electron chi connectivity index (χ3n) is 6.05. The molecule has 0 saturated heterocycles. The molecule has 1 N–H and O–H groups in total. The standard InChI is InChI=1S/C26H30N2O6/c1-16(17-9-11-23(25(13-17)32-4)33-18-7-5-6-8-18)27-26(29)21-15-24(34-28-21)20-14-19(30-2)10-12-22(20)31-3/h9-16,18H,5-8H2,1-4H3,(H,27,29). The summed E-state index contributed by atoms with van der Waals surface area (Å²) in [6, 6.07) is 12.4. The number of carbonyl (C=O) groups is 1. The lowest BCUT2D eigenvalue weighted by Gasteiger charge is -2.19. The van der Waals surface area contributed by atoms with E-state index in [-0.39, 0.29) is 23.7 Å². The fraction of sp³-hybridized carbons (Fsp3) is 0.385. The van der Waals surface area contributed by atoms with Gasteiger partial charge in [-0.05, 0) is 68.5 Å². The molecular formula is C26H30N2O6. The molecule has 0 aliphatic heterocycles. The number of methoxy groups -OCH3 is 3. The SMILES string of the molecule is COc1ccc(OC)c(-c2cc(C(=O)NC(C)c3ccc(OC4CCCC4)c(OC)c3)no2)c1. The Hall–Kier alpha value is -3.68. The summed E-state index contributed by atoms with van der Waals surface area (Å²) in [6.45, 7) is 1.90. The molecule has 34 heavy (non-hydrogen) atoms. The minimum absolute atomic E-state index is 0.167. The van der Waals surface area contributed by atoms with E-state index in [0.29, 0.717) is 28.6 Å². The van der Waals surface area contributed by atoms with E-state index < -0.39 is 0 Å². The molecule has 2 aromatic carbocycles. The topological polar surface area (TPSA) is 92.1 Å². The van der Waals surface area contributed by atoms with Crippen LogP contribution in [0.3, 0.4) is 0 Å². The minimum Gasteiger partial charge on any atom is -0.497 e. The predicted molar refractivity (Wildman–Crippen MR) is 127 cm³/mol. The summed E-state index contributed by atoms with van der Waals surface area (Å²) < 4.78 is 27.8. The van der Waals surface area contributed by atoms with Crippen molar-refractivity contribution < 1.29 is 28.3 Å². The predicted octanol–water partition coefficient (Wildman–Crippen LogP) is 5.18. The van der Waals surface area contributed by atoms with Crippen molar-refractivity contribution >= 4 is 5.91 Å². The van der Waals surface area contributed by atoms with Gasteiger partial charge in [0.2, 0.25) is 0 Å². The van der Waals surface area contributed by atoms with Crippen LogP contribution in [0.4, 0.5) is 0 Å². The number of benzene rings is 2. The van der Waals surface area contributed by atoms with Gasteiger partial charge >= 0.3 is 0 Å². The smallest absolute Gasteiger partial charge is 0.273 e. The molecule has 1 aliphatic carbocycles. The molecule has 4 rings (SSSR count). The van der Waals surface area contributed by atoms with Crippen molar-refractivity contribution in [1.29, 1.82) is 0 Å². The lowest BCUT2D eigenvalue weighted by atomic mass is 10.1. The largest absolute Gasteiger partial charge is 0.497 e. The van der Waals surface area contributed by atoms with Gasteiger partial charge in [0.1, 0.15) is 11.5 Å².